The van der Waals surface area contributed by atoms with Gasteiger partial charge in [-0.15, -0.1) is 0 Å². The summed E-state index contributed by atoms with van der Waals surface area (Å²) in [6, 6.07) is 10.7. The van der Waals surface area contributed by atoms with E-state index in [1.165, 1.54) is 16.7 Å². The number of carbonyl (C=O) groups is 2. The number of nitrogens with zero attached hydrogens (tertiary/aromatic N) is 3. The Morgan fingerprint density at radius 1 is 0.943 bits per heavy atom. The van der Waals surface area contributed by atoms with Gasteiger partial charge in [0.1, 0.15) is 5.82 Å². The summed E-state index contributed by atoms with van der Waals surface area (Å²) in [6.07, 6.45) is 4.07. The van der Waals surface area contributed by atoms with E-state index < -0.39 is 17.1 Å². The molecule has 1 N–H and O–H groups in total. The Kier molecular flexibility index (Phi) is 6.23. The molecule has 8 nitrogen and oxygen atoms in total. The molecule has 35 heavy (non-hydrogen) atoms. The minimum Gasteiger partial charge on any atom is -0.339 e. The summed E-state index contributed by atoms with van der Waals surface area (Å²) >= 11 is 0. The summed E-state index contributed by atoms with van der Waals surface area (Å²) < 4.78 is 15.9. The van der Waals surface area contributed by atoms with Crippen LogP contribution in [0, 0.1) is 11.7 Å². The Hall–Kier alpha value is -3.75. The number of piperazine rings is 1. The van der Waals surface area contributed by atoms with Gasteiger partial charge in [0.05, 0.1) is 17.4 Å². The van der Waals surface area contributed by atoms with Crippen molar-refractivity contribution >= 4 is 22.7 Å². The van der Waals surface area contributed by atoms with Gasteiger partial charge < -0.3 is 9.80 Å². The predicted molar refractivity (Wildman–Crippen MR) is 129 cm³/mol. The number of rotatable bonds is 4. The molecule has 0 spiro atoms. The molecule has 2 fully saturated rings. The molecule has 1 saturated carbocycles. The first-order valence-electron chi connectivity index (χ1n) is 12.0. The van der Waals surface area contributed by atoms with Gasteiger partial charge in [-0.25, -0.2) is 9.18 Å². The number of aromatic nitrogens is 2. The fourth-order valence-electron chi connectivity index (χ4n) is 5.19. The lowest BCUT2D eigenvalue weighted by Crippen LogP contribution is -2.51. The lowest BCUT2D eigenvalue weighted by Gasteiger charge is -2.36. The highest BCUT2D eigenvalue weighted by atomic mass is 19.1. The maximum absolute atomic E-state index is 14.5. The minimum atomic E-state index is -0.603. The van der Waals surface area contributed by atoms with Crippen molar-refractivity contribution in [1.82, 2.24) is 19.4 Å². The molecule has 1 aliphatic carbocycles. The number of H-pyrrole nitrogens is 1. The van der Waals surface area contributed by atoms with Gasteiger partial charge in [0, 0.05) is 37.7 Å². The highest BCUT2D eigenvalue weighted by molar-refractivity contribution is 5.94. The van der Waals surface area contributed by atoms with Gasteiger partial charge in [0.15, 0.2) is 0 Å². The maximum Gasteiger partial charge on any atom is 0.329 e. The number of halogens is 1. The number of carbonyl (C=O) groups excluding carboxylic acids is 2. The molecule has 3 aromatic rings. The first-order chi connectivity index (χ1) is 16.9. The molecule has 9 heteroatoms. The molecular formula is C26H27FN4O4. The number of nitrogens with one attached hydrogen (secondary N) is 1. The number of fused-ring (bicyclic) bond motifs is 1. The van der Waals surface area contributed by atoms with Crippen molar-refractivity contribution in [2.45, 2.75) is 32.2 Å². The first kappa shape index (κ1) is 23.0. The number of para-hydroxylation sites is 1. The largest absolute Gasteiger partial charge is 0.339 e. The third-order valence-electron chi connectivity index (χ3n) is 7.03. The maximum atomic E-state index is 14.5. The Morgan fingerprint density at radius 2 is 1.63 bits per heavy atom. The van der Waals surface area contributed by atoms with Crippen LogP contribution in [0.5, 0.6) is 0 Å². The molecule has 2 heterocycles. The summed E-state index contributed by atoms with van der Waals surface area (Å²) in [6.45, 7) is 1.74. The van der Waals surface area contributed by atoms with Crippen molar-refractivity contribution in [3.63, 3.8) is 0 Å². The predicted octanol–water partition coefficient (Wildman–Crippen LogP) is 2.35. The number of benzene rings is 2. The standard InChI is InChI=1S/C26H27FN4O4/c27-20-14-17(16-31-22-8-4-3-7-21(22)23(32)28-26(31)35)13-19(15-20)25(34)30-11-9-29(10-12-30)24(33)18-5-1-2-6-18/h3-4,7-8,13-15,18H,1-2,5-6,9-12,16H2,(H,28,32,35). The molecule has 0 bridgehead atoms. The second kappa shape index (κ2) is 9.48. The summed E-state index contributed by atoms with van der Waals surface area (Å²) in [5.74, 6) is -0.600. The van der Waals surface area contributed by atoms with E-state index in [0.29, 0.717) is 42.6 Å². The number of aromatic amines is 1. The lowest BCUT2D eigenvalue weighted by molar-refractivity contribution is -0.136. The third kappa shape index (κ3) is 4.62. The molecule has 0 radical (unpaired) electrons. The van der Waals surface area contributed by atoms with Crippen LogP contribution < -0.4 is 11.2 Å². The van der Waals surface area contributed by atoms with Crippen molar-refractivity contribution in [2.75, 3.05) is 26.2 Å². The highest BCUT2D eigenvalue weighted by Crippen LogP contribution is 2.27. The SMILES string of the molecule is O=C(c1cc(F)cc(Cn2c(=O)[nH]c(=O)c3ccccc32)c1)N1CCN(C(=O)C2CCCC2)CC1. The average Bonchev–Trinajstić information content (AvgIpc) is 3.40. The van der Waals surface area contributed by atoms with Gasteiger partial charge in [-0.3, -0.25) is 23.9 Å². The second-order valence-corrected chi connectivity index (χ2v) is 9.31. The number of hydrogen-bond acceptors (Lipinski definition) is 4. The van der Waals surface area contributed by atoms with Crippen molar-refractivity contribution in [2.24, 2.45) is 5.92 Å². The van der Waals surface area contributed by atoms with E-state index in [1.54, 1.807) is 35.2 Å². The van der Waals surface area contributed by atoms with Gasteiger partial charge >= 0.3 is 5.69 Å². The summed E-state index contributed by atoms with van der Waals surface area (Å²) in [4.78, 5) is 56.2. The van der Waals surface area contributed by atoms with Crippen LogP contribution in [0.25, 0.3) is 10.9 Å². The average molecular weight is 479 g/mol. The van der Waals surface area contributed by atoms with Crippen LogP contribution in [0.4, 0.5) is 4.39 Å². The van der Waals surface area contributed by atoms with Gasteiger partial charge in [-0.2, -0.15) is 0 Å². The van der Waals surface area contributed by atoms with Crippen molar-refractivity contribution < 1.29 is 14.0 Å². The third-order valence-corrected chi connectivity index (χ3v) is 7.03. The zero-order chi connectivity index (χ0) is 24.5. The molecule has 1 saturated heterocycles. The normalized spacial score (nSPS) is 16.7. The van der Waals surface area contributed by atoms with E-state index in [9.17, 15) is 23.6 Å². The zero-order valence-electron chi connectivity index (χ0n) is 19.3. The molecule has 182 valence electrons. The number of amides is 2. The molecule has 2 aliphatic rings. The van der Waals surface area contributed by atoms with Crippen molar-refractivity contribution in [3.05, 3.63) is 80.2 Å². The minimum absolute atomic E-state index is 0.00215. The molecule has 2 amide bonds. The Labute approximate surface area is 201 Å². The Balaban J connectivity index is 1.34. The molecular weight excluding hydrogens is 451 g/mol. The van der Waals surface area contributed by atoms with Crippen molar-refractivity contribution in [1.29, 1.82) is 0 Å². The highest BCUT2D eigenvalue weighted by Gasteiger charge is 2.31. The van der Waals surface area contributed by atoms with Crippen LogP contribution in [0.3, 0.4) is 0 Å². The van der Waals surface area contributed by atoms with Crippen LogP contribution in [0.2, 0.25) is 0 Å². The second-order valence-electron chi connectivity index (χ2n) is 9.31. The van der Waals surface area contributed by atoms with Crippen LogP contribution in [0.1, 0.15) is 41.6 Å². The molecule has 1 aliphatic heterocycles. The molecule has 0 unspecified atom stereocenters. The smallest absolute Gasteiger partial charge is 0.329 e. The molecule has 5 rings (SSSR count). The van der Waals surface area contributed by atoms with E-state index in [0.717, 1.165) is 25.7 Å². The lowest BCUT2D eigenvalue weighted by atomic mass is 10.1. The summed E-state index contributed by atoms with van der Waals surface area (Å²) in [7, 11) is 0. The topological polar surface area (TPSA) is 95.5 Å². The van der Waals surface area contributed by atoms with E-state index >= 15 is 0 Å². The quantitative estimate of drug-likeness (QED) is 0.623. The van der Waals surface area contributed by atoms with Crippen LogP contribution >= 0.6 is 0 Å². The molecule has 1 aromatic heterocycles. The van der Waals surface area contributed by atoms with Gasteiger partial charge in [-0.1, -0.05) is 25.0 Å². The van der Waals surface area contributed by atoms with Gasteiger partial charge in [0.2, 0.25) is 5.91 Å². The van der Waals surface area contributed by atoms with Gasteiger partial charge in [-0.05, 0) is 48.7 Å². The first-order valence-corrected chi connectivity index (χ1v) is 12.0. The van der Waals surface area contributed by atoms with Crippen LogP contribution in [-0.2, 0) is 11.3 Å². The van der Waals surface area contributed by atoms with Crippen LogP contribution in [0.15, 0.2) is 52.1 Å². The Bertz CT molecular complexity index is 1400. The number of hydrogen-bond donors (Lipinski definition) is 1. The Morgan fingerprint density at radius 3 is 2.37 bits per heavy atom. The fourth-order valence-corrected chi connectivity index (χ4v) is 5.19. The van der Waals surface area contributed by atoms with Gasteiger partial charge in [0.25, 0.3) is 11.5 Å². The van der Waals surface area contributed by atoms with Crippen molar-refractivity contribution in [3.8, 4) is 0 Å². The van der Waals surface area contributed by atoms with E-state index in [1.807, 2.05) is 4.90 Å². The molecule has 2 aromatic carbocycles. The van der Waals surface area contributed by atoms with Crippen LogP contribution in [-0.4, -0.2) is 57.3 Å². The fraction of sp³-hybridized carbons (Fsp3) is 0.385. The summed E-state index contributed by atoms with van der Waals surface area (Å²) in [5, 5.41) is 0.352. The monoisotopic (exact) mass is 478 g/mol. The summed E-state index contributed by atoms with van der Waals surface area (Å²) in [5.41, 5.74) is -0.0297. The van der Waals surface area contributed by atoms with E-state index in [-0.39, 0.29) is 29.8 Å². The zero-order valence-corrected chi connectivity index (χ0v) is 19.3. The molecule has 0 atom stereocenters. The van der Waals surface area contributed by atoms with E-state index in [4.69, 9.17) is 0 Å². The van der Waals surface area contributed by atoms with E-state index in [2.05, 4.69) is 4.98 Å².